The number of hydrogen-bond donors (Lipinski definition) is 1. The van der Waals surface area contributed by atoms with Crippen LogP contribution in [-0.2, 0) is 4.79 Å². The maximum atomic E-state index is 12.4. The number of thiocarbonyl (C=S) groups is 1. The SMILES string of the molecule is CC(=O)C1=C(C)N(c2ccccc2)C(=S)N[C@H]1c1ccc([N+](=O)[O-])cc1. The van der Waals surface area contributed by atoms with Crippen molar-refractivity contribution in [2.75, 3.05) is 4.90 Å². The molecule has 2 aromatic carbocycles. The number of para-hydroxylation sites is 1. The van der Waals surface area contributed by atoms with E-state index in [1.807, 2.05) is 42.2 Å². The quantitative estimate of drug-likeness (QED) is 0.502. The fourth-order valence-corrected chi connectivity index (χ4v) is 3.49. The van der Waals surface area contributed by atoms with E-state index in [9.17, 15) is 14.9 Å². The van der Waals surface area contributed by atoms with Gasteiger partial charge in [-0.3, -0.25) is 19.8 Å². The second-order valence-corrected chi connectivity index (χ2v) is 6.34. The molecule has 7 heteroatoms. The molecule has 0 aliphatic carbocycles. The average Bonchev–Trinajstić information content (AvgIpc) is 2.61. The first-order valence-corrected chi connectivity index (χ1v) is 8.42. The minimum atomic E-state index is -0.452. The molecule has 0 amide bonds. The highest BCUT2D eigenvalue weighted by atomic mass is 32.1. The molecule has 1 heterocycles. The Bertz CT molecular complexity index is 907. The topological polar surface area (TPSA) is 75.5 Å². The molecule has 1 atom stereocenters. The van der Waals surface area contributed by atoms with Crippen molar-refractivity contribution in [2.24, 2.45) is 0 Å². The second kappa shape index (κ2) is 7.05. The molecule has 0 bridgehead atoms. The van der Waals surface area contributed by atoms with Gasteiger partial charge in [0.2, 0.25) is 0 Å². The van der Waals surface area contributed by atoms with Crippen LogP contribution in [0.15, 0.2) is 65.9 Å². The van der Waals surface area contributed by atoms with E-state index >= 15 is 0 Å². The smallest absolute Gasteiger partial charge is 0.269 e. The fourth-order valence-electron chi connectivity index (χ4n) is 3.13. The van der Waals surface area contributed by atoms with Gasteiger partial charge in [0.15, 0.2) is 10.9 Å². The summed E-state index contributed by atoms with van der Waals surface area (Å²) in [7, 11) is 0. The number of anilines is 1. The number of carbonyl (C=O) groups excluding carboxylic acids is 1. The molecule has 0 spiro atoms. The predicted molar refractivity (Wildman–Crippen MR) is 104 cm³/mol. The van der Waals surface area contributed by atoms with Gasteiger partial charge in [0, 0.05) is 29.1 Å². The summed E-state index contributed by atoms with van der Waals surface area (Å²) in [4.78, 5) is 24.6. The highest BCUT2D eigenvalue weighted by Gasteiger charge is 2.33. The second-order valence-electron chi connectivity index (χ2n) is 5.96. The minimum Gasteiger partial charge on any atom is -0.351 e. The summed E-state index contributed by atoms with van der Waals surface area (Å²) in [6.07, 6.45) is 0. The van der Waals surface area contributed by atoms with Gasteiger partial charge in [-0.1, -0.05) is 18.2 Å². The first-order chi connectivity index (χ1) is 12.4. The molecule has 0 radical (unpaired) electrons. The van der Waals surface area contributed by atoms with E-state index in [0.717, 1.165) is 16.9 Å². The van der Waals surface area contributed by atoms with Crippen LogP contribution in [0.3, 0.4) is 0 Å². The molecule has 0 saturated carbocycles. The molecule has 0 saturated heterocycles. The molecule has 132 valence electrons. The summed E-state index contributed by atoms with van der Waals surface area (Å²) in [6.45, 7) is 3.37. The van der Waals surface area contributed by atoms with Crippen LogP contribution < -0.4 is 10.2 Å². The molecule has 3 rings (SSSR count). The van der Waals surface area contributed by atoms with Crippen LogP contribution in [0.5, 0.6) is 0 Å². The molecule has 6 nitrogen and oxygen atoms in total. The van der Waals surface area contributed by atoms with Crippen molar-refractivity contribution in [2.45, 2.75) is 19.9 Å². The number of benzene rings is 2. The Hall–Kier alpha value is -3.06. The van der Waals surface area contributed by atoms with E-state index < -0.39 is 11.0 Å². The van der Waals surface area contributed by atoms with Gasteiger partial charge in [-0.05, 0) is 55.9 Å². The number of nitrogens with one attached hydrogen (secondary N) is 1. The van der Waals surface area contributed by atoms with Crippen LogP contribution in [0, 0.1) is 10.1 Å². The third kappa shape index (κ3) is 3.21. The predicted octanol–water partition coefficient (Wildman–Crippen LogP) is 3.89. The zero-order chi connectivity index (χ0) is 18.8. The van der Waals surface area contributed by atoms with Gasteiger partial charge in [-0.15, -0.1) is 0 Å². The van der Waals surface area contributed by atoms with E-state index in [0.29, 0.717) is 10.7 Å². The lowest BCUT2D eigenvalue weighted by Crippen LogP contribution is -2.47. The lowest BCUT2D eigenvalue weighted by Gasteiger charge is -2.37. The van der Waals surface area contributed by atoms with Gasteiger partial charge in [0.05, 0.1) is 11.0 Å². The van der Waals surface area contributed by atoms with Crippen LogP contribution >= 0.6 is 12.2 Å². The molecule has 26 heavy (non-hydrogen) atoms. The molecule has 0 aromatic heterocycles. The number of nitro groups is 1. The van der Waals surface area contributed by atoms with E-state index in [2.05, 4.69) is 5.32 Å². The zero-order valence-electron chi connectivity index (χ0n) is 14.3. The Balaban J connectivity index is 2.07. The molecule has 2 aromatic rings. The van der Waals surface area contributed by atoms with Gasteiger partial charge in [-0.2, -0.15) is 0 Å². The van der Waals surface area contributed by atoms with Gasteiger partial charge in [0.1, 0.15) is 0 Å². The maximum absolute atomic E-state index is 12.4. The third-order valence-electron chi connectivity index (χ3n) is 4.32. The number of hydrogen-bond acceptors (Lipinski definition) is 4. The van der Waals surface area contributed by atoms with Crippen molar-refractivity contribution in [3.63, 3.8) is 0 Å². The number of nitrogens with zero attached hydrogens (tertiary/aromatic N) is 2. The lowest BCUT2D eigenvalue weighted by molar-refractivity contribution is -0.384. The van der Waals surface area contributed by atoms with Crippen molar-refractivity contribution in [3.05, 3.63) is 81.5 Å². The standard InChI is InChI=1S/C19H17N3O3S/c1-12-17(13(2)23)18(14-8-10-16(11-9-14)22(24)25)20-19(26)21(12)15-6-4-3-5-7-15/h3-11,18H,1-2H3,(H,20,26)/t18-/m0/s1. The monoisotopic (exact) mass is 367 g/mol. The van der Waals surface area contributed by atoms with Crippen molar-refractivity contribution in [3.8, 4) is 0 Å². The first kappa shape index (κ1) is 17.8. The van der Waals surface area contributed by atoms with E-state index in [1.165, 1.54) is 19.1 Å². The fraction of sp³-hybridized carbons (Fsp3) is 0.158. The lowest BCUT2D eigenvalue weighted by atomic mass is 9.92. The molecule has 1 aliphatic rings. The summed E-state index contributed by atoms with van der Waals surface area (Å²) >= 11 is 5.53. The van der Waals surface area contributed by atoms with Gasteiger partial charge in [-0.25, -0.2) is 0 Å². The van der Waals surface area contributed by atoms with E-state index in [1.54, 1.807) is 12.1 Å². The largest absolute Gasteiger partial charge is 0.351 e. The maximum Gasteiger partial charge on any atom is 0.269 e. The Kier molecular flexibility index (Phi) is 4.81. The average molecular weight is 367 g/mol. The minimum absolute atomic E-state index is 0.00289. The van der Waals surface area contributed by atoms with Gasteiger partial charge >= 0.3 is 0 Å². The van der Waals surface area contributed by atoms with E-state index in [4.69, 9.17) is 12.2 Å². The summed E-state index contributed by atoms with van der Waals surface area (Å²) in [5.74, 6) is -0.0817. The number of rotatable bonds is 4. The molecule has 1 aliphatic heterocycles. The highest BCUT2D eigenvalue weighted by molar-refractivity contribution is 7.80. The van der Waals surface area contributed by atoms with Crippen molar-refractivity contribution in [1.82, 2.24) is 5.32 Å². The number of nitro benzene ring substituents is 1. The van der Waals surface area contributed by atoms with Crippen LogP contribution in [-0.4, -0.2) is 15.8 Å². The normalized spacial score (nSPS) is 17.1. The first-order valence-electron chi connectivity index (χ1n) is 8.02. The molecule has 0 unspecified atom stereocenters. The van der Waals surface area contributed by atoms with Crippen LogP contribution in [0.25, 0.3) is 0 Å². The van der Waals surface area contributed by atoms with Crippen LogP contribution in [0.2, 0.25) is 0 Å². The zero-order valence-corrected chi connectivity index (χ0v) is 15.1. The molecular weight excluding hydrogens is 350 g/mol. The number of carbonyl (C=O) groups is 1. The van der Waals surface area contributed by atoms with E-state index in [-0.39, 0.29) is 11.5 Å². The summed E-state index contributed by atoms with van der Waals surface area (Å²) < 4.78 is 0. The third-order valence-corrected chi connectivity index (χ3v) is 4.62. The number of ketones is 1. The molecule has 0 fully saturated rings. The Morgan fingerprint density at radius 1 is 1.15 bits per heavy atom. The number of allylic oxidation sites excluding steroid dienone is 1. The Morgan fingerprint density at radius 3 is 2.31 bits per heavy atom. The van der Waals surface area contributed by atoms with Crippen LogP contribution in [0.4, 0.5) is 11.4 Å². The Morgan fingerprint density at radius 2 is 1.77 bits per heavy atom. The Labute approximate surface area is 156 Å². The highest BCUT2D eigenvalue weighted by Crippen LogP contribution is 2.34. The van der Waals surface area contributed by atoms with Gasteiger partial charge in [0.25, 0.3) is 5.69 Å². The number of Topliss-reactive ketones (excluding diaryl/α,β-unsaturated/α-hetero) is 1. The summed E-state index contributed by atoms with van der Waals surface area (Å²) in [6, 6.07) is 15.3. The molecule has 1 N–H and O–H groups in total. The van der Waals surface area contributed by atoms with Crippen molar-refractivity contribution < 1.29 is 9.72 Å². The summed E-state index contributed by atoms with van der Waals surface area (Å²) in [5.41, 5.74) is 2.94. The van der Waals surface area contributed by atoms with Crippen molar-refractivity contribution >= 4 is 34.5 Å². The summed E-state index contributed by atoms with van der Waals surface area (Å²) in [5, 5.41) is 14.5. The van der Waals surface area contributed by atoms with Gasteiger partial charge < -0.3 is 5.32 Å². The molecular formula is C19H17N3O3S. The number of non-ortho nitro benzene ring substituents is 1. The van der Waals surface area contributed by atoms with Crippen molar-refractivity contribution in [1.29, 1.82) is 0 Å². The van der Waals surface area contributed by atoms with Crippen LogP contribution in [0.1, 0.15) is 25.5 Å².